The molecule has 2 saturated carbocycles. The summed E-state index contributed by atoms with van der Waals surface area (Å²) in [5.74, 6) is 1.56. The number of nitrogens with zero attached hydrogens (tertiary/aromatic N) is 2. The molecule has 3 heterocycles. The average Bonchev–Trinajstić information content (AvgIpc) is 3.16. The molecule has 5 fully saturated rings. The Morgan fingerprint density at radius 3 is 2.40 bits per heavy atom. The van der Waals surface area contributed by atoms with Crippen LogP contribution in [-0.4, -0.2) is 66.5 Å². The first kappa shape index (κ1) is 20.4. The molecule has 30 heavy (non-hydrogen) atoms. The number of rotatable bonds is 2. The van der Waals surface area contributed by atoms with E-state index in [0.29, 0.717) is 29.5 Å². The second kappa shape index (κ2) is 7.28. The number of carbonyl (C=O) groups is 1. The average molecular weight is 419 g/mol. The molecule has 5 aliphatic rings. The Labute approximate surface area is 180 Å². The van der Waals surface area contributed by atoms with Gasteiger partial charge in [0.2, 0.25) is 0 Å². The Hall–Kier alpha value is -1.50. The number of fused-ring (bicyclic) bond motifs is 4. The van der Waals surface area contributed by atoms with E-state index < -0.39 is 5.60 Å². The van der Waals surface area contributed by atoms with Gasteiger partial charge in [0.05, 0.1) is 6.10 Å². The molecule has 0 radical (unpaired) electrons. The molecule has 7 heteroatoms. The molecule has 168 valence electrons. The lowest BCUT2D eigenvalue weighted by Crippen LogP contribution is -2.73. The van der Waals surface area contributed by atoms with Gasteiger partial charge in [0.1, 0.15) is 5.60 Å². The number of hydrogen-bond acceptors (Lipinski definition) is 4. The van der Waals surface area contributed by atoms with Crippen molar-refractivity contribution >= 4 is 12.1 Å². The van der Waals surface area contributed by atoms with E-state index in [1.807, 2.05) is 32.7 Å². The number of amides is 1. The lowest BCUT2D eigenvalue weighted by molar-refractivity contribution is -0.171. The van der Waals surface area contributed by atoms with Crippen molar-refractivity contribution in [1.29, 1.82) is 0 Å². The molecule has 0 aromatic rings. The summed E-state index contributed by atoms with van der Waals surface area (Å²) in [4.78, 5) is 19.3. The minimum absolute atomic E-state index is 0.148. The van der Waals surface area contributed by atoms with Gasteiger partial charge < -0.3 is 25.0 Å². The van der Waals surface area contributed by atoms with Crippen LogP contribution in [-0.2, 0) is 9.47 Å². The van der Waals surface area contributed by atoms with E-state index in [1.54, 1.807) is 0 Å². The van der Waals surface area contributed by atoms with Gasteiger partial charge in [0.25, 0.3) is 0 Å². The smallest absolute Gasteiger partial charge is 0.410 e. The molecule has 1 spiro atoms. The zero-order valence-electron chi connectivity index (χ0n) is 18.9. The molecule has 0 aromatic carbocycles. The van der Waals surface area contributed by atoms with Crippen molar-refractivity contribution in [3.05, 3.63) is 0 Å². The predicted octanol–water partition coefficient (Wildman–Crippen LogP) is 3.04. The minimum atomic E-state index is -0.445. The van der Waals surface area contributed by atoms with Crippen LogP contribution in [0.4, 0.5) is 4.79 Å². The maximum Gasteiger partial charge on any atom is 0.410 e. The third-order valence-electron chi connectivity index (χ3n) is 8.23. The Bertz CT molecular complexity index is 700. The third kappa shape index (κ3) is 3.28. The number of hydrogen-bond donors (Lipinski definition) is 2. The monoisotopic (exact) mass is 418 g/mol. The molecule has 0 aromatic heterocycles. The van der Waals surface area contributed by atoms with Crippen LogP contribution in [0.2, 0.25) is 0 Å². The van der Waals surface area contributed by atoms with E-state index in [9.17, 15) is 4.79 Å². The number of guanidine groups is 1. The van der Waals surface area contributed by atoms with Crippen molar-refractivity contribution < 1.29 is 14.3 Å². The van der Waals surface area contributed by atoms with Gasteiger partial charge in [-0.05, 0) is 65.7 Å². The highest BCUT2D eigenvalue weighted by Gasteiger charge is 2.66. The second-order valence-electron chi connectivity index (χ2n) is 11.1. The molecular formula is C23H38N4O3. The third-order valence-corrected chi connectivity index (χ3v) is 8.23. The molecule has 2 aliphatic carbocycles. The molecule has 5 unspecified atom stereocenters. The van der Waals surface area contributed by atoms with Crippen molar-refractivity contribution in [2.24, 2.45) is 16.3 Å². The van der Waals surface area contributed by atoms with Crippen LogP contribution < -0.4 is 10.6 Å². The quantitative estimate of drug-likeness (QED) is 0.533. The summed E-state index contributed by atoms with van der Waals surface area (Å²) in [7, 11) is 1.87. The number of piperidine rings is 1. The van der Waals surface area contributed by atoms with E-state index in [-0.39, 0.29) is 18.2 Å². The minimum Gasteiger partial charge on any atom is -0.444 e. The SMILES string of the molecule is CN=C(NC1CC2CCC(C1)N2C(=O)OC(C)(C)C)NC1C2CCOC2C12CCC2. The molecule has 1 amide bonds. The molecule has 2 N–H and O–H groups in total. The summed E-state index contributed by atoms with van der Waals surface area (Å²) in [5, 5.41) is 7.48. The van der Waals surface area contributed by atoms with Crippen molar-refractivity contribution in [1.82, 2.24) is 15.5 Å². The Balaban J connectivity index is 1.19. The molecule has 3 aliphatic heterocycles. The van der Waals surface area contributed by atoms with E-state index >= 15 is 0 Å². The van der Waals surface area contributed by atoms with E-state index in [0.717, 1.165) is 38.2 Å². The summed E-state index contributed by atoms with van der Waals surface area (Å²) in [5.41, 5.74) is -0.0997. The molecule has 5 atom stereocenters. The molecule has 5 rings (SSSR count). The summed E-state index contributed by atoms with van der Waals surface area (Å²) >= 11 is 0. The highest BCUT2D eigenvalue weighted by Crippen LogP contribution is 2.62. The molecule has 7 nitrogen and oxygen atoms in total. The van der Waals surface area contributed by atoms with Crippen LogP contribution in [0.5, 0.6) is 0 Å². The Morgan fingerprint density at radius 1 is 1.13 bits per heavy atom. The van der Waals surface area contributed by atoms with Crippen LogP contribution in [0.25, 0.3) is 0 Å². The lowest BCUT2D eigenvalue weighted by Gasteiger charge is -2.63. The van der Waals surface area contributed by atoms with Crippen LogP contribution >= 0.6 is 0 Å². The maximum absolute atomic E-state index is 12.7. The summed E-state index contributed by atoms with van der Waals surface area (Å²) < 4.78 is 11.7. The van der Waals surface area contributed by atoms with Gasteiger partial charge >= 0.3 is 6.09 Å². The Kier molecular flexibility index (Phi) is 4.95. The highest BCUT2D eigenvalue weighted by molar-refractivity contribution is 5.81. The van der Waals surface area contributed by atoms with Gasteiger partial charge in [-0.15, -0.1) is 0 Å². The van der Waals surface area contributed by atoms with E-state index in [2.05, 4.69) is 15.6 Å². The fraction of sp³-hybridized carbons (Fsp3) is 0.913. The van der Waals surface area contributed by atoms with Gasteiger partial charge in [-0.2, -0.15) is 0 Å². The van der Waals surface area contributed by atoms with Crippen molar-refractivity contribution in [2.45, 2.75) is 108 Å². The fourth-order valence-corrected chi connectivity index (χ4v) is 6.87. The number of carbonyl (C=O) groups excluding carboxylic acids is 1. The zero-order chi connectivity index (χ0) is 21.1. The summed E-state index contributed by atoms with van der Waals surface area (Å²) in [6.45, 7) is 6.72. The number of aliphatic imine (C=N–C) groups is 1. The van der Waals surface area contributed by atoms with Crippen molar-refractivity contribution in [3.8, 4) is 0 Å². The number of nitrogens with one attached hydrogen (secondary N) is 2. The highest BCUT2D eigenvalue weighted by atomic mass is 16.6. The zero-order valence-corrected chi connectivity index (χ0v) is 18.9. The van der Waals surface area contributed by atoms with Crippen LogP contribution in [0.15, 0.2) is 4.99 Å². The summed E-state index contributed by atoms with van der Waals surface area (Å²) in [6, 6.07) is 1.37. The predicted molar refractivity (Wildman–Crippen MR) is 115 cm³/mol. The van der Waals surface area contributed by atoms with Gasteiger partial charge in [0.15, 0.2) is 5.96 Å². The first-order valence-corrected chi connectivity index (χ1v) is 11.9. The number of ether oxygens (including phenoxy) is 2. The van der Waals surface area contributed by atoms with Crippen LogP contribution in [0, 0.1) is 11.3 Å². The molecule has 2 bridgehead atoms. The fourth-order valence-electron chi connectivity index (χ4n) is 6.87. The van der Waals surface area contributed by atoms with Crippen LogP contribution in [0.3, 0.4) is 0 Å². The van der Waals surface area contributed by atoms with Gasteiger partial charge in [0, 0.05) is 49.2 Å². The standard InChI is InChI=1S/C23H38N4O3/c1-22(2,3)30-21(28)27-15-6-7-16(27)13-14(12-15)25-20(24-4)26-18-17-8-11-29-19(17)23(18)9-5-10-23/h14-19H,5-13H2,1-4H3,(H2,24,25,26). The van der Waals surface area contributed by atoms with Gasteiger partial charge in [-0.3, -0.25) is 4.99 Å². The molecule has 3 saturated heterocycles. The van der Waals surface area contributed by atoms with Gasteiger partial charge in [-0.25, -0.2) is 4.79 Å². The van der Waals surface area contributed by atoms with E-state index in [1.165, 1.54) is 25.7 Å². The lowest BCUT2D eigenvalue weighted by atomic mass is 9.46. The maximum atomic E-state index is 12.7. The topological polar surface area (TPSA) is 75.2 Å². The second-order valence-corrected chi connectivity index (χ2v) is 11.1. The molecular weight excluding hydrogens is 380 g/mol. The van der Waals surface area contributed by atoms with Crippen molar-refractivity contribution in [3.63, 3.8) is 0 Å². The summed E-state index contributed by atoms with van der Waals surface area (Å²) in [6.07, 6.45) is 9.43. The van der Waals surface area contributed by atoms with Crippen LogP contribution in [0.1, 0.15) is 72.1 Å². The Morgan fingerprint density at radius 2 is 1.83 bits per heavy atom. The first-order chi connectivity index (χ1) is 14.3. The largest absolute Gasteiger partial charge is 0.444 e. The first-order valence-electron chi connectivity index (χ1n) is 11.9. The van der Waals surface area contributed by atoms with Gasteiger partial charge in [-0.1, -0.05) is 6.42 Å². The van der Waals surface area contributed by atoms with E-state index in [4.69, 9.17) is 9.47 Å². The normalized spacial score (nSPS) is 39.2. The van der Waals surface area contributed by atoms with Crippen molar-refractivity contribution in [2.75, 3.05) is 13.7 Å².